The number of rotatable bonds is 39. The molecule has 0 spiro atoms. The van der Waals surface area contributed by atoms with Crippen LogP contribution < -0.4 is 5.32 Å². The highest BCUT2D eigenvalue weighted by Crippen LogP contribution is 2.28. The Hall–Kier alpha value is -3.15. The second-order valence-electron chi connectivity index (χ2n) is 10.0. The highest BCUT2D eigenvalue weighted by molar-refractivity contribution is 5.66. The SMILES string of the molecule is O=C(O)CCOCCOCCOCCOCCOCCOCCOCCOCCOCCOCCOCCNc1ccc([N+](=O)[O-])cc1[N+](=O)[O-]. The third-order valence-electron chi connectivity index (χ3n) is 6.13. The Kier molecular flexibility index (Phi) is 30.5. The molecule has 294 valence electrons. The molecule has 0 amide bonds. The average molecular weight is 740 g/mol. The standard InChI is InChI=1S/C31H53N3O17/c35-31(36)3-5-41-7-9-43-11-13-45-15-17-47-19-21-49-23-25-51-26-24-50-22-20-48-18-16-46-14-12-44-10-8-42-6-4-32-29-2-1-28(33(37)38)27-30(29)34(39)40/h1-2,27,32H,3-26H2,(H,35,36). The second kappa shape index (κ2) is 34.0. The summed E-state index contributed by atoms with van der Waals surface area (Å²) in [5.41, 5.74) is -0.542. The van der Waals surface area contributed by atoms with Gasteiger partial charge in [-0.1, -0.05) is 0 Å². The zero-order valence-corrected chi connectivity index (χ0v) is 29.1. The van der Waals surface area contributed by atoms with Gasteiger partial charge in [-0.3, -0.25) is 25.0 Å². The number of non-ortho nitro benzene ring substituents is 1. The molecule has 1 aromatic rings. The summed E-state index contributed by atoms with van der Waals surface area (Å²) in [4.78, 5) is 30.9. The van der Waals surface area contributed by atoms with Crippen LogP contribution in [0.5, 0.6) is 0 Å². The topological polar surface area (TPSA) is 237 Å². The van der Waals surface area contributed by atoms with Crippen molar-refractivity contribution in [2.45, 2.75) is 6.42 Å². The summed E-state index contributed by atoms with van der Waals surface area (Å²) in [5, 5.41) is 33.3. The first-order valence-electron chi connectivity index (χ1n) is 16.7. The monoisotopic (exact) mass is 739 g/mol. The van der Waals surface area contributed by atoms with Gasteiger partial charge in [0.25, 0.3) is 11.4 Å². The molecule has 20 nitrogen and oxygen atoms in total. The van der Waals surface area contributed by atoms with Crippen molar-refractivity contribution in [1.82, 2.24) is 0 Å². The summed E-state index contributed by atoms with van der Waals surface area (Å²) in [6, 6.07) is 3.41. The van der Waals surface area contributed by atoms with Crippen LogP contribution in [0.3, 0.4) is 0 Å². The lowest BCUT2D eigenvalue weighted by atomic mass is 10.2. The van der Waals surface area contributed by atoms with Crippen LogP contribution in [0.25, 0.3) is 0 Å². The number of nitrogens with zero attached hydrogens (tertiary/aromatic N) is 2. The Bertz CT molecular complexity index is 1020. The number of ether oxygens (including phenoxy) is 11. The van der Waals surface area contributed by atoms with Gasteiger partial charge in [0, 0.05) is 12.6 Å². The molecule has 51 heavy (non-hydrogen) atoms. The largest absolute Gasteiger partial charge is 0.481 e. The van der Waals surface area contributed by atoms with Crippen molar-refractivity contribution < 1.29 is 71.9 Å². The number of carboxylic acids is 1. The third kappa shape index (κ3) is 29.2. The van der Waals surface area contributed by atoms with Gasteiger partial charge in [-0.25, -0.2) is 0 Å². The summed E-state index contributed by atoms with van der Waals surface area (Å²) < 4.78 is 59.3. The van der Waals surface area contributed by atoms with E-state index in [9.17, 15) is 25.0 Å². The van der Waals surface area contributed by atoms with Gasteiger partial charge in [0.05, 0.1) is 168 Å². The molecule has 0 bridgehead atoms. The first-order valence-corrected chi connectivity index (χ1v) is 16.7. The number of hydrogen-bond acceptors (Lipinski definition) is 17. The molecule has 1 aromatic carbocycles. The minimum atomic E-state index is -0.886. The van der Waals surface area contributed by atoms with Gasteiger partial charge in [-0.05, 0) is 6.07 Å². The molecule has 0 fully saturated rings. The Morgan fingerprint density at radius 2 is 0.824 bits per heavy atom. The summed E-state index contributed by atoms with van der Waals surface area (Å²) in [5.74, 6) is -0.886. The van der Waals surface area contributed by atoms with Crippen molar-refractivity contribution in [3.05, 3.63) is 38.4 Å². The Labute approximate surface area is 297 Å². The number of nitro benzene ring substituents is 2. The van der Waals surface area contributed by atoms with Crippen molar-refractivity contribution in [2.75, 3.05) is 157 Å². The molecule has 0 saturated carbocycles. The van der Waals surface area contributed by atoms with E-state index in [1.807, 2.05) is 0 Å². The Morgan fingerprint density at radius 3 is 1.12 bits per heavy atom. The van der Waals surface area contributed by atoms with Gasteiger partial charge in [0.2, 0.25) is 0 Å². The Balaban J connectivity index is 1.71. The highest BCUT2D eigenvalue weighted by atomic mass is 16.6. The molecule has 20 heteroatoms. The van der Waals surface area contributed by atoms with Crippen molar-refractivity contribution in [2.24, 2.45) is 0 Å². The summed E-state index contributed by atoms with van der Waals surface area (Å²) in [7, 11) is 0. The maximum absolute atomic E-state index is 11.1. The molecule has 1 rings (SSSR count). The molecule has 0 radical (unpaired) electrons. The van der Waals surface area contributed by atoms with E-state index < -0.39 is 15.8 Å². The van der Waals surface area contributed by atoms with Crippen LogP contribution in [0.1, 0.15) is 6.42 Å². The molecule has 0 unspecified atom stereocenters. The lowest BCUT2D eigenvalue weighted by Crippen LogP contribution is -2.16. The number of hydrogen-bond donors (Lipinski definition) is 2. The summed E-state index contributed by atoms with van der Waals surface area (Å²) in [6.45, 7) is 9.23. The van der Waals surface area contributed by atoms with Gasteiger partial charge in [-0.15, -0.1) is 0 Å². The number of benzene rings is 1. The molecular weight excluding hydrogens is 686 g/mol. The van der Waals surface area contributed by atoms with E-state index in [-0.39, 0.29) is 43.2 Å². The number of aliphatic carboxylic acids is 1. The second-order valence-corrected chi connectivity index (χ2v) is 10.0. The van der Waals surface area contributed by atoms with E-state index >= 15 is 0 Å². The zero-order valence-electron chi connectivity index (χ0n) is 29.1. The fourth-order valence-electron chi connectivity index (χ4n) is 3.65. The Morgan fingerprint density at radius 1 is 0.510 bits per heavy atom. The number of nitro groups is 2. The zero-order chi connectivity index (χ0) is 37.0. The van der Waals surface area contributed by atoms with E-state index in [0.717, 1.165) is 6.07 Å². The van der Waals surface area contributed by atoms with Crippen LogP contribution in [-0.2, 0) is 56.9 Å². The maximum atomic E-state index is 11.1. The molecule has 0 atom stereocenters. The van der Waals surface area contributed by atoms with Crippen molar-refractivity contribution in [1.29, 1.82) is 0 Å². The van der Waals surface area contributed by atoms with E-state index in [1.165, 1.54) is 12.1 Å². The minimum Gasteiger partial charge on any atom is -0.481 e. The van der Waals surface area contributed by atoms with Gasteiger partial charge in [0.1, 0.15) is 5.69 Å². The first kappa shape index (κ1) is 45.9. The van der Waals surface area contributed by atoms with Gasteiger partial charge in [0.15, 0.2) is 0 Å². The normalized spacial score (nSPS) is 11.2. The smallest absolute Gasteiger partial charge is 0.305 e. The van der Waals surface area contributed by atoms with Gasteiger partial charge < -0.3 is 62.5 Å². The molecule has 0 heterocycles. The van der Waals surface area contributed by atoms with E-state index in [2.05, 4.69) is 5.32 Å². The number of anilines is 1. The highest BCUT2D eigenvalue weighted by Gasteiger charge is 2.19. The fraction of sp³-hybridized carbons (Fsp3) is 0.774. The number of carbonyl (C=O) groups is 1. The van der Waals surface area contributed by atoms with E-state index in [4.69, 9.17) is 57.2 Å². The minimum absolute atomic E-state index is 0.0149. The van der Waals surface area contributed by atoms with E-state index in [1.54, 1.807) is 0 Å². The van der Waals surface area contributed by atoms with Crippen LogP contribution in [0, 0.1) is 20.2 Å². The van der Waals surface area contributed by atoms with Crippen LogP contribution in [0.4, 0.5) is 17.1 Å². The van der Waals surface area contributed by atoms with Crippen molar-refractivity contribution >= 4 is 23.0 Å². The number of carboxylic acid groups (broad SMARTS) is 1. The van der Waals surface area contributed by atoms with Crippen LogP contribution in [0.2, 0.25) is 0 Å². The van der Waals surface area contributed by atoms with E-state index in [0.29, 0.717) is 132 Å². The average Bonchev–Trinajstić information content (AvgIpc) is 3.11. The third-order valence-corrected chi connectivity index (χ3v) is 6.13. The van der Waals surface area contributed by atoms with Crippen LogP contribution in [0.15, 0.2) is 18.2 Å². The van der Waals surface area contributed by atoms with Gasteiger partial charge >= 0.3 is 5.97 Å². The maximum Gasteiger partial charge on any atom is 0.305 e. The molecule has 0 saturated heterocycles. The molecule has 0 aliphatic rings. The molecule has 2 N–H and O–H groups in total. The van der Waals surface area contributed by atoms with Crippen LogP contribution >= 0.6 is 0 Å². The lowest BCUT2D eigenvalue weighted by molar-refractivity contribution is -0.393. The molecular formula is C31H53N3O17. The van der Waals surface area contributed by atoms with Gasteiger partial charge in [-0.2, -0.15) is 0 Å². The van der Waals surface area contributed by atoms with Crippen molar-refractivity contribution in [3.8, 4) is 0 Å². The lowest BCUT2D eigenvalue weighted by Gasteiger charge is -2.09. The molecule has 0 aliphatic heterocycles. The quantitative estimate of drug-likeness (QED) is 0.0553. The van der Waals surface area contributed by atoms with Crippen molar-refractivity contribution in [3.63, 3.8) is 0 Å². The predicted octanol–water partition coefficient (Wildman–Crippen LogP) is 1.57. The molecule has 0 aliphatic carbocycles. The predicted molar refractivity (Wildman–Crippen MR) is 180 cm³/mol. The summed E-state index contributed by atoms with van der Waals surface area (Å²) in [6.07, 6.45) is -0.0149. The first-order chi connectivity index (χ1) is 24.9. The molecule has 0 aromatic heterocycles. The number of nitrogens with one attached hydrogen (secondary N) is 1. The summed E-state index contributed by atoms with van der Waals surface area (Å²) >= 11 is 0. The van der Waals surface area contributed by atoms with Crippen LogP contribution in [-0.4, -0.2) is 173 Å². The fourth-order valence-corrected chi connectivity index (χ4v) is 3.65.